The summed E-state index contributed by atoms with van der Waals surface area (Å²) in [5.74, 6) is -0.113. The lowest BCUT2D eigenvalue weighted by atomic mass is 10.1. The molecule has 0 fully saturated rings. The Balaban J connectivity index is 2.27. The summed E-state index contributed by atoms with van der Waals surface area (Å²) in [5, 5.41) is 3.39. The van der Waals surface area contributed by atoms with Crippen LogP contribution in [0.4, 0.5) is 11.4 Å². The minimum absolute atomic E-state index is 0.125. The van der Waals surface area contributed by atoms with Crippen molar-refractivity contribution in [1.29, 1.82) is 0 Å². The van der Waals surface area contributed by atoms with Crippen molar-refractivity contribution >= 4 is 34.8 Å². The number of aryl methyl sites for hydroxylation is 3. The number of anilines is 2. The first-order chi connectivity index (χ1) is 12.2. The Morgan fingerprint density at radius 1 is 1.12 bits per heavy atom. The van der Waals surface area contributed by atoms with Crippen molar-refractivity contribution in [3.8, 4) is 5.75 Å². The third kappa shape index (κ3) is 4.55. The second-order valence-electron chi connectivity index (χ2n) is 6.24. The van der Waals surface area contributed by atoms with Gasteiger partial charge in [0.1, 0.15) is 12.3 Å². The zero-order valence-corrected chi connectivity index (χ0v) is 16.4. The largest absolute Gasteiger partial charge is 0.495 e. The van der Waals surface area contributed by atoms with Gasteiger partial charge in [0.05, 0.1) is 12.8 Å². The molecule has 0 aliphatic rings. The molecule has 26 heavy (non-hydrogen) atoms. The molecule has 0 radical (unpaired) electrons. The molecule has 0 spiro atoms. The monoisotopic (exact) mass is 374 g/mol. The maximum atomic E-state index is 12.5. The average Bonchev–Trinajstić information content (AvgIpc) is 2.57. The molecule has 0 aliphatic heterocycles. The van der Waals surface area contributed by atoms with Crippen LogP contribution in [0.2, 0.25) is 5.02 Å². The molecule has 5 nitrogen and oxygen atoms in total. The number of amides is 2. The Hall–Kier alpha value is -2.53. The van der Waals surface area contributed by atoms with Gasteiger partial charge in [0.2, 0.25) is 11.8 Å². The molecule has 0 saturated carbocycles. The van der Waals surface area contributed by atoms with E-state index in [1.54, 1.807) is 12.1 Å². The molecule has 2 aromatic rings. The predicted octanol–water partition coefficient (Wildman–Crippen LogP) is 4.27. The number of methoxy groups -OCH3 is 1. The van der Waals surface area contributed by atoms with E-state index in [9.17, 15) is 9.59 Å². The van der Waals surface area contributed by atoms with Gasteiger partial charge in [-0.15, -0.1) is 0 Å². The molecular weight excluding hydrogens is 352 g/mol. The van der Waals surface area contributed by atoms with Crippen LogP contribution in [-0.2, 0) is 9.59 Å². The molecule has 138 valence electrons. The van der Waals surface area contributed by atoms with Crippen LogP contribution >= 0.6 is 11.6 Å². The Morgan fingerprint density at radius 2 is 1.81 bits per heavy atom. The lowest BCUT2D eigenvalue weighted by Gasteiger charge is -2.24. The second kappa shape index (κ2) is 8.23. The average molecular weight is 375 g/mol. The third-order valence-corrected chi connectivity index (χ3v) is 4.50. The maximum Gasteiger partial charge on any atom is 0.244 e. The first kappa shape index (κ1) is 19.8. The van der Waals surface area contributed by atoms with E-state index in [0.717, 1.165) is 22.4 Å². The van der Waals surface area contributed by atoms with Crippen LogP contribution < -0.4 is 15.0 Å². The number of rotatable bonds is 5. The standard InChI is InChI=1S/C20H23ClN2O3/c1-12-6-7-17(14(3)8-12)22-20(25)11-23(15(4)24)18-9-13(2)16(21)10-19(18)26-5/h6-10H,11H2,1-5H3,(H,22,25). The molecule has 0 aromatic heterocycles. The summed E-state index contributed by atoms with van der Waals surface area (Å²) in [5.41, 5.74) is 4.12. The minimum atomic E-state index is -0.290. The molecule has 6 heteroatoms. The highest BCUT2D eigenvalue weighted by Gasteiger charge is 2.21. The number of nitrogens with zero attached hydrogens (tertiary/aromatic N) is 1. The molecule has 0 heterocycles. The summed E-state index contributed by atoms with van der Waals surface area (Å²) in [7, 11) is 1.50. The highest BCUT2D eigenvalue weighted by molar-refractivity contribution is 6.31. The fourth-order valence-corrected chi connectivity index (χ4v) is 2.83. The first-order valence-electron chi connectivity index (χ1n) is 8.22. The van der Waals surface area contributed by atoms with Crippen LogP contribution in [0, 0.1) is 20.8 Å². The van der Waals surface area contributed by atoms with E-state index >= 15 is 0 Å². The van der Waals surface area contributed by atoms with E-state index in [1.807, 2.05) is 39.0 Å². The van der Waals surface area contributed by atoms with E-state index < -0.39 is 0 Å². The number of nitrogens with one attached hydrogen (secondary N) is 1. The predicted molar refractivity (Wildman–Crippen MR) is 105 cm³/mol. The van der Waals surface area contributed by atoms with Gasteiger partial charge < -0.3 is 10.1 Å². The van der Waals surface area contributed by atoms with Crippen molar-refractivity contribution in [1.82, 2.24) is 0 Å². The van der Waals surface area contributed by atoms with Gasteiger partial charge in [-0.05, 0) is 44.0 Å². The third-order valence-electron chi connectivity index (χ3n) is 4.09. The Bertz CT molecular complexity index is 849. The molecule has 0 aliphatic carbocycles. The SMILES string of the molecule is COc1cc(Cl)c(C)cc1N(CC(=O)Nc1ccc(C)cc1C)C(C)=O. The van der Waals surface area contributed by atoms with Gasteiger partial charge in [-0.1, -0.05) is 29.3 Å². The topological polar surface area (TPSA) is 58.6 Å². The summed E-state index contributed by atoms with van der Waals surface area (Å²) in [4.78, 5) is 26.1. The summed E-state index contributed by atoms with van der Waals surface area (Å²) in [6.45, 7) is 7.04. The van der Waals surface area contributed by atoms with Gasteiger partial charge in [-0.2, -0.15) is 0 Å². The van der Waals surface area contributed by atoms with Crippen molar-refractivity contribution in [3.05, 3.63) is 52.0 Å². The lowest BCUT2D eigenvalue weighted by Crippen LogP contribution is -2.37. The molecule has 1 N–H and O–H groups in total. The van der Waals surface area contributed by atoms with Crippen LogP contribution in [0.5, 0.6) is 5.75 Å². The zero-order valence-electron chi connectivity index (χ0n) is 15.6. The highest BCUT2D eigenvalue weighted by Crippen LogP contribution is 2.34. The summed E-state index contributed by atoms with van der Waals surface area (Å²) in [6, 6.07) is 9.16. The van der Waals surface area contributed by atoms with E-state index in [-0.39, 0.29) is 18.4 Å². The minimum Gasteiger partial charge on any atom is -0.495 e. The second-order valence-corrected chi connectivity index (χ2v) is 6.65. The molecule has 2 aromatic carbocycles. The van der Waals surface area contributed by atoms with Crippen molar-refractivity contribution in [2.24, 2.45) is 0 Å². The molecule has 0 atom stereocenters. The number of hydrogen-bond donors (Lipinski definition) is 1. The van der Waals surface area contributed by atoms with Crippen molar-refractivity contribution < 1.29 is 14.3 Å². The zero-order chi connectivity index (χ0) is 19.4. The fraction of sp³-hybridized carbons (Fsp3) is 0.300. The van der Waals surface area contributed by atoms with Gasteiger partial charge in [-0.3, -0.25) is 14.5 Å². The van der Waals surface area contributed by atoms with Crippen molar-refractivity contribution in [2.45, 2.75) is 27.7 Å². The van der Waals surface area contributed by atoms with Crippen LogP contribution in [-0.4, -0.2) is 25.5 Å². The molecule has 0 unspecified atom stereocenters. The molecule has 2 rings (SSSR count). The molecular formula is C20H23ClN2O3. The highest BCUT2D eigenvalue weighted by atomic mass is 35.5. The normalized spacial score (nSPS) is 10.4. The number of ether oxygens (including phenoxy) is 1. The van der Waals surface area contributed by atoms with Crippen molar-refractivity contribution in [3.63, 3.8) is 0 Å². The van der Waals surface area contributed by atoms with Crippen LogP contribution in [0.1, 0.15) is 23.6 Å². The number of halogens is 1. The van der Waals surface area contributed by atoms with Gasteiger partial charge in [-0.25, -0.2) is 0 Å². The van der Waals surface area contributed by atoms with Gasteiger partial charge in [0.15, 0.2) is 0 Å². The van der Waals surface area contributed by atoms with E-state index in [4.69, 9.17) is 16.3 Å². The Labute approximate surface area is 158 Å². The summed E-state index contributed by atoms with van der Waals surface area (Å²) in [6.07, 6.45) is 0. The van der Waals surface area contributed by atoms with E-state index in [0.29, 0.717) is 16.5 Å². The smallest absolute Gasteiger partial charge is 0.244 e. The quantitative estimate of drug-likeness (QED) is 0.850. The number of carbonyl (C=O) groups is 2. The first-order valence-corrected chi connectivity index (χ1v) is 8.60. The lowest BCUT2D eigenvalue weighted by molar-refractivity contribution is -0.120. The Kier molecular flexibility index (Phi) is 6.27. The molecule has 0 saturated heterocycles. The molecule has 2 amide bonds. The number of benzene rings is 2. The van der Waals surface area contributed by atoms with E-state index in [1.165, 1.54) is 18.9 Å². The summed E-state index contributed by atoms with van der Waals surface area (Å²) >= 11 is 6.13. The number of carbonyl (C=O) groups excluding carboxylic acids is 2. The van der Waals surface area contributed by atoms with Crippen LogP contribution in [0.15, 0.2) is 30.3 Å². The van der Waals surface area contributed by atoms with Gasteiger partial charge in [0.25, 0.3) is 0 Å². The summed E-state index contributed by atoms with van der Waals surface area (Å²) < 4.78 is 5.33. The van der Waals surface area contributed by atoms with Gasteiger partial charge >= 0.3 is 0 Å². The van der Waals surface area contributed by atoms with Gasteiger partial charge in [0, 0.05) is 23.7 Å². The maximum absolute atomic E-state index is 12.5. The number of hydrogen-bond acceptors (Lipinski definition) is 3. The van der Waals surface area contributed by atoms with Crippen LogP contribution in [0.25, 0.3) is 0 Å². The van der Waals surface area contributed by atoms with Crippen molar-refractivity contribution in [2.75, 3.05) is 23.9 Å². The Morgan fingerprint density at radius 3 is 2.38 bits per heavy atom. The van der Waals surface area contributed by atoms with Crippen LogP contribution in [0.3, 0.4) is 0 Å². The molecule has 0 bridgehead atoms. The van der Waals surface area contributed by atoms with E-state index in [2.05, 4.69) is 5.32 Å². The fourth-order valence-electron chi connectivity index (χ4n) is 2.68.